The second-order valence-corrected chi connectivity index (χ2v) is 8.05. The predicted molar refractivity (Wildman–Crippen MR) is 124 cm³/mol. The quantitative estimate of drug-likeness (QED) is 0.729. The minimum atomic E-state index is 0.477. The average Bonchev–Trinajstić information content (AvgIpc) is 3.29. The molecular formula is C24H33N5. The summed E-state index contributed by atoms with van der Waals surface area (Å²) in [6.45, 7) is 11.7. The molecule has 4 rings (SSSR count). The van der Waals surface area contributed by atoms with Crippen LogP contribution in [0.1, 0.15) is 32.8 Å². The van der Waals surface area contributed by atoms with Crippen LogP contribution in [0.25, 0.3) is 0 Å². The molecular weight excluding hydrogens is 358 g/mol. The van der Waals surface area contributed by atoms with Gasteiger partial charge in [-0.05, 0) is 61.7 Å². The van der Waals surface area contributed by atoms with Crippen LogP contribution < -0.4 is 14.7 Å². The summed E-state index contributed by atoms with van der Waals surface area (Å²) >= 11 is 0. The van der Waals surface area contributed by atoms with Gasteiger partial charge >= 0.3 is 0 Å². The summed E-state index contributed by atoms with van der Waals surface area (Å²) in [7, 11) is 0. The van der Waals surface area contributed by atoms with E-state index >= 15 is 0 Å². The highest BCUT2D eigenvalue weighted by Crippen LogP contribution is 2.25. The van der Waals surface area contributed by atoms with Crippen molar-refractivity contribution in [1.29, 1.82) is 0 Å². The molecule has 29 heavy (non-hydrogen) atoms. The number of nitrogens with zero attached hydrogens (tertiary/aromatic N) is 5. The number of piperazine rings is 1. The number of hydrogen-bond acceptors (Lipinski definition) is 5. The molecule has 0 amide bonds. The van der Waals surface area contributed by atoms with E-state index in [1.54, 1.807) is 0 Å². The van der Waals surface area contributed by atoms with Crippen molar-refractivity contribution >= 4 is 23.4 Å². The average molecular weight is 392 g/mol. The number of anilines is 3. The molecule has 1 unspecified atom stereocenters. The Morgan fingerprint density at radius 2 is 1.31 bits per heavy atom. The molecule has 0 saturated carbocycles. The van der Waals surface area contributed by atoms with E-state index < -0.39 is 0 Å². The maximum Gasteiger partial charge on any atom is 0.117 e. The topological polar surface area (TPSA) is 25.3 Å². The molecule has 2 aliphatic rings. The molecule has 5 heteroatoms. The normalized spacial score (nSPS) is 17.9. The third kappa shape index (κ3) is 4.34. The molecule has 0 aromatic heterocycles. The first-order chi connectivity index (χ1) is 14.2. The van der Waals surface area contributed by atoms with Crippen LogP contribution in [0.5, 0.6) is 0 Å². The Kier molecular flexibility index (Phi) is 5.93. The van der Waals surface area contributed by atoms with Crippen LogP contribution in [0.15, 0.2) is 53.6 Å². The van der Waals surface area contributed by atoms with Crippen molar-refractivity contribution < 1.29 is 0 Å². The first-order valence-electron chi connectivity index (χ1n) is 10.9. The molecule has 1 saturated heterocycles. The highest BCUT2D eigenvalue weighted by Gasteiger charge is 2.20. The summed E-state index contributed by atoms with van der Waals surface area (Å²) in [5, 5.41) is 6.70. The van der Waals surface area contributed by atoms with Crippen molar-refractivity contribution in [3.8, 4) is 0 Å². The summed E-state index contributed by atoms with van der Waals surface area (Å²) in [5.74, 6) is 0. The van der Waals surface area contributed by atoms with Gasteiger partial charge in [-0.3, -0.25) is 5.01 Å². The van der Waals surface area contributed by atoms with Gasteiger partial charge in [-0.2, -0.15) is 5.10 Å². The minimum absolute atomic E-state index is 0.477. The van der Waals surface area contributed by atoms with Gasteiger partial charge < -0.3 is 14.7 Å². The molecule has 2 heterocycles. The predicted octanol–water partition coefficient (Wildman–Crippen LogP) is 4.40. The summed E-state index contributed by atoms with van der Waals surface area (Å²) in [6.07, 6.45) is 4.16. The van der Waals surface area contributed by atoms with E-state index in [1.165, 1.54) is 22.6 Å². The van der Waals surface area contributed by atoms with Crippen LogP contribution in [0.3, 0.4) is 0 Å². The lowest BCUT2D eigenvalue weighted by Gasteiger charge is -2.37. The van der Waals surface area contributed by atoms with Gasteiger partial charge in [0, 0.05) is 49.3 Å². The maximum absolute atomic E-state index is 4.54. The van der Waals surface area contributed by atoms with Gasteiger partial charge in [0.05, 0.1) is 0 Å². The number of benzene rings is 2. The molecule has 0 aliphatic carbocycles. The molecule has 0 spiro atoms. The number of hydrazone groups is 1. The van der Waals surface area contributed by atoms with Crippen LogP contribution in [0.2, 0.25) is 0 Å². The Bertz CT molecular complexity index is 806. The molecule has 154 valence electrons. The van der Waals surface area contributed by atoms with Crippen molar-refractivity contribution in [3.05, 3.63) is 54.1 Å². The van der Waals surface area contributed by atoms with Crippen molar-refractivity contribution in [2.45, 2.75) is 39.7 Å². The lowest BCUT2D eigenvalue weighted by atomic mass is 10.1. The Morgan fingerprint density at radius 1 is 0.793 bits per heavy atom. The van der Waals surface area contributed by atoms with Crippen LogP contribution >= 0.6 is 0 Å². The highest BCUT2D eigenvalue weighted by atomic mass is 15.6. The fourth-order valence-corrected chi connectivity index (χ4v) is 3.99. The molecule has 1 fully saturated rings. The van der Waals surface area contributed by atoms with Crippen molar-refractivity contribution in [3.63, 3.8) is 0 Å². The van der Waals surface area contributed by atoms with E-state index in [0.717, 1.165) is 45.7 Å². The fourth-order valence-electron chi connectivity index (χ4n) is 3.99. The van der Waals surface area contributed by atoms with Crippen LogP contribution in [-0.4, -0.2) is 50.2 Å². The summed E-state index contributed by atoms with van der Waals surface area (Å²) in [4.78, 5) is 7.20. The number of aryl methyl sites for hydroxylation is 1. The van der Waals surface area contributed by atoms with E-state index in [1.807, 2.05) is 6.34 Å². The summed E-state index contributed by atoms with van der Waals surface area (Å²) < 4.78 is 0. The summed E-state index contributed by atoms with van der Waals surface area (Å²) in [5.41, 5.74) is 5.27. The Balaban J connectivity index is 1.33. The van der Waals surface area contributed by atoms with Crippen LogP contribution in [0, 0.1) is 0 Å². The Morgan fingerprint density at radius 3 is 1.83 bits per heavy atom. The Labute approximate surface area is 175 Å². The van der Waals surface area contributed by atoms with Gasteiger partial charge in [-0.15, -0.1) is 0 Å². The molecule has 2 aliphatic heterocycles. The molecule has 0 radical (unpaired) electrons. The molecule has 2 aromatic rings. The highest BCUT2D eigenvalue weighted by molar-refractivity contribution is 5.80. The fraction of sp³-hybridized carbons (Fsp3) is 0.458. The smallest absolute Gasteiger partial charge is 0.117 e. The number of hydrogen-bond donors (Lipinski definition) is 0. The van der Waals surface area contributed by atoms with Gasteiger partial charge in [0.15, 0.2) is 0 Å². The van der Waals surface area contributed by atoms with E-state index in [2.05, 4.69) is 94.1 Å². The maximum atomic E-state index is 4.54. The second kappa shape index (κ2) is 8.76. The zero-order valence-corrected chi connectivity index (χ0v) is 18.0. The lowest BCUT2D eigenvalue weighted by Crippen LogP contribution is -2.46. The molecule has 0 bridgehead atoms. The molecule has 5 nitrogen and oxygen atoms in total. The van der Waals surface area contributed by atoms with Crippen molar-refractivity contribution in [1.82, 2.24) is 5.01 Å². The largest absolute Gasteiger partial charge is 0.368 e. The van der Waals surface area contributed by atoms with Gasteiger partial charge in [0.2, 0.25) is 0 Å². The standard InChI is InChI=1S/C24H33N5/c1-4-20(3)29-19-28(18-25-29)24-12-10-23(11-13-24)27-16-14-26(15-17-27)22-8-6-21(5-2)7-9-22/h6-13,18,20H,4-5,14-17,19H2,1-3H3. The molecule has 2 aromatic carbocycles. The molecule has 1 atom stereocenters. The monoisotopic (exact) mass is 391 g/mol. The number of rotatable bonds is 6. The lowest BCUT2D eigenvalue weighted by molar-refractivity contribution is 0.237. The van der Waals surface area contributed by atoms with Gasteiger partial charge in [-0.1, -0.05) is 26.0 Å². The first-order valence-corrected chi connectivity index (χ1v) is 10.9. The zero-order valence-electron chi connectivity index (χ0n) is 18.0. The van der Waals surface area contributed by atoms with Gasteiger partial charge in [-0.25, -0.2) is 0 Å². The van der Waals surface area contributed by atoms with E-state index in [4.69, 9.17) is 0 Å². The van der Waals surface area contributed by atoms with Crippen LogP contribution in [-0.2, 0) is 6.42 Å². The zero-order chi connectivity index (χ0) is 20.2. The van der Waals surface area contributed by atoms with Crippen molar-refractivity contribution in [2.75, 3.05) is 47.5 Å². The van der Waals surface area contributed by atoms with E-state index in [0.29, 0.717) is 6.04 Å². The Hall–Kier alpha value is -2.69. The third-order valence-corrected chi connectivity index (χ3v) is 6.27. The molecule has 0 N–H and O–H groups in total. The van der Waals surface area contributed by atoms with E-state index in [-0.39, 0.29) is 0 Å². The van der Waals surface area contributed by atoms with Gasteiger partial charge in [0.1, 0.15) is 13.0 Å². The second-order valence-electron chi connectivity index (χ2n) is 8.05. The third-order valence-electron chi connectivity index (χ3n) is 6.27. The van der Waals surface area contributed by atoms with Gasteiger partial charge in [0.25, 0.3) is 0 Å². The van der Waals surface area contributed by atoms with Crippen LogP contribution in [0.4, 0.5) is 17.1 Å². The van der Waals surface area contributed by atoms with E-state index in [9.17, 15) is 0 Å². The van der Waals surface area contributed by atoms with Crippen molar-refractivity contribution in [2.24, 2.45) is 5.10 Å². The first kappa shape index (κ1) is 19.6. The SMILES string of the molecule is CCc1ccc(N2CCN(c3ccc(N4C=NN(C(C)CC)C4)cc3)CC2)cc1. The minimum Gasteiger partial charge on any atom is -0.368 e. The summed E-state index contributed by atoms with van der Waals surface area (Å²) in [6, 6.07) is 18.5.